The number of likely N-dealkylation sites (tertiary alicyclic amines) is 1. The first-order valence-corrected chi connectivity index (χ1v) is 7.96. The molecule has 1 aliphatic heterocycles. The lowest BCUT2D eigenvalue weighted by Gasteiger charge is -2.39. The van der Waals surface area contributed by atoms with Crippen molar-refractivity contribution in [2.45, 2.75) is 51.7 Å². The van der Waals surface area contributed by atoms with Crippen molar-refractivity contribution in [1.82, 2.24) is 14.0 Å². The minimum Gasteiger partial charge on any atom is -0.336 e. The number of rotatable bonds is 2. The molecule has 5 heteroatoms. The molecule has 1 aliphatic rings. The zero-order valence-corrected chi connectivity index (χ0v) is 13.5. The van der Waals surface area contributed by atoms with Gasteiger partial charge in [0.25, 0.3) is 0 Å². The molecule has 2 aromatic rings. The van der Waals surface area contributed by atoms with Crippen LogP contribution in [0.4, 0.5) is 0 Å². The fourth-order valence-corrected chi connectivity index (χ4v) is 3.65. The number of aryl methyl sites for hydroxylation is 1. The third kappa shape index (κ3) is 2.34. The second-order valence-electron chi connectivity index (χ2n) is 6.35. The van der Waals surface area contributed by atoms with Gasteiger partial charge in [-0.1, -0.05) is 12.1 Å². The summed E-state index contributed by atoms with van der Waals surface area (Å²) < 4.78 is 3.19. The Hall–Kier alpha value is -2.04. The second kappa shape index (κ2) is 5.63. The molecule has 1 aromatic heterocycles. The van der Waals surface area contributed by atoms with Crippen molar-refractivity contribution >= 4 is 16.9 Å². The van der Waals surface area contributed by atoms with Gasteiger partial charge >= 0.3 is 5.69 Å². The van der Waals surface area contributed by atoms with E-state index >= 15 is 0 Å². The van der Waals surface area contributed by atoms with Crippen LogP contribution in [-0.2, 0) is 18.4 Å². The van der Waals surface area contributed by atoms with Crippen LogP contribution >= 0.6 is 0 Å². The molecule has 22 heavy (non-hydrogen) atoms. The summed E-state index contributed by atoms with van der Waals surface area (Å²) in [4.78, 5) is 27.1. The van der Waals surface area contributed by atoms with Crippen molar-refractivity contribution in [2.75, 3.05) is 0 Å². The third-order valence-electron chi connectivity index (χ3n) is 4.83. The Bertz CT molecular complexity index is 749. The number of benzene rings is 1. The fraction of sp³-hybridized carbons (Fsp3) is 0.529. The zero-order valence-electron chi connectivity index (χ0n) is 13.5. The van der Waals surface area contributed by atoms with Crippen LogP contribution in [0.2, 0.25) is 0 Å². The number of nitrogens with zero attached hydrogens (tertiary/aromatic N) is 3. The molecule has 1 fully saturated rings. The summed E-state index contributed by atoms with van der Waals surface area (Å²) in [5.74, 6) is 0.0400. The first-order valence-electron chi connectivity index (χ1n) is 7.96. The molecule has 0 spiro atoms. The highest BCUT2D eigenvalue weighted by molar-refractivity contribution is 5.81. The maximum absolute atomic E-state index is 12.8. The van der Waals surface area contributed by atoms with E-state index in [4.69, 9.17) is 0 Å². The maximum Gasteiger partial charge on any atom is 0.329 e. The normalized spacial score (nSPS) is 22.2. The zero-order chi connectivity index (χ0) is 15.9. The Morgan fingerprint density at radius 3 is 2.36 bits per heavy atom. The molecule has 2 unspecified atom stereocenters. The van der Waals surface area contributed by atoms with Gasteiger partial charge in [0.2, 0.25) is 5.91 Å². The van der Waals surface area contributed by atoms with Crippen LogP contribution in [-0.4, -0.2) is 32.0 Å². The molecule has 0 saturated carbocycles. The average molecular weight is 301 g/mol. The lowest BCUT2D eigenvalue weighted by atomic mass is 9.97. The summed E-state index contributed by atoms with van der Waals surface area (Å²) in [7, 11) is 1.75. The Balaban J connectivity index is 1.95. The summed E-state index contributed by atoms with van der Waals surface area (Å²) in [6.07, 6.45) is 3.25. The smallest absolute Gasteiger partial charge is 0.329 e. The highest BCUT2D eigenvalue weighted by atomic mass is 16.2. The molecule has 118 valence electrons. The first-order chi connectivity index (χ1) is 10.5. The second-order valence-corrected chi connectivity index (χ2v) is 6.35. The number of piperidine rings is 1. The van der Waals surface area contributed by atoms with E-state index in [1.54, 1.807) is 16.2 Å². The van der Waals surface area contributed by atoms with Gasteiger partial charge in [0.1, 0.15) is 6.54 Å². The van der Waals surface area contributed by atoms with Gasteiger partial charge in [0.15, 0.2) is 0 Å². The van der Waals surface area contributed by atoms with Gasteiger partial charge < -0.3 is 4.90 Å². The number of hydrogen-bond donors (Lipinski definition) is 0. The van der Waals surface area contributed by atoms with E-state index in [1.165, 1.54) is 6.42 Å². The molecule has 0 bridgehead atoms. The van der Waals surface area contributed by atoms with Crippen LogP contribution in [0.3, 0.4) is 0 Å². The van der Waals surface area contributed by atoms with E-state index in [1.807, 2.05) is 29.2 Å². The van der Waals surface area contributed by atoms with Crippen molar-refractivity contribution in [3.05, 3.63) is 34.7 Å². The number of fused-ring (bicyclic) bond motifs is 1. The van der Waals surface area contributed by atoms with E-state index in [9.17, 15) is 9.59 Å². The lowest BCUT2D eigenvalue weighted by Crippen LogP contribution is -2.49. The van der Waals surface area contributed by atoms with E-state index in [2.05, 4.69) is 13.8 Å². The number of aromatic nitrogens is 2. The molecule has 1 amide bonds. The van der Waals surface area contributed by atoms with Crippen LogP contribution in [0, 0.1) is 0 Å². The van der Waals surface area contributed by atoms with Gasteiger partial charge in [-0.25, -0.2) is 4.79 Å². The van der Waals surface area contributed by atoms with Gasteiger partial charge in [0, 0.05) is 19.1 Å². The summed E-state index contributed by atoms with van der Waals surface area (Å²) in [5.41, 5.74) is 1.55. The van der Waals surface area contributed by atoms with Crippen LogP contribution in [0.15, 0.2) is 29.1 Å². The molecule has 3 rings (SSSR count). The third-order valence-corrected chi connectivity index (χ3v) is 4.83. The Morgan fingerprint density at radius 2 is 1.73 bits per heavy atom. The van der Waals surface area contributed by atoms with Crippen LogP contribution in [0.1, 0.15) is 33.1 Å². The Morgan fingerprint density at radius 1 is 1.14 bits per heavy atom. The lowest BCUT2D eigenvalue weighted by molar-refractivity contribution is -0.137. The van der Waals surface area contributed by atoms with Crippen molar-refractivity contribution in [2.24, 2.45) is 7.05 Å². The van der Waals surface area contributed by atoms with Gasteiger partial charge in [-0.05, 0) is 45.2 Å². The predicted octanol–water partition coefficient (Wildman–Crippen LogP) is 2.13. The minimum absolute atomic E-state index is 0.0400. The maximum atomic E-state index is 12.8. The Labute approximate surface area is 130 Å². The molecule has 1 aromatic carbocycles. The van der Waals surface area contributed by atoms with Crippen LogP contribution < -0.4 is 5.69 Å². The standard InChI is InChI=1S/C17H23N3O2/c1-12-7-6-8-13(2)20(12)16(21)11-19-15-10-5-4-9-14(15)18(3)17(19)22/h4-5,9-10,12-13H,6-8,11H2,1-3H3. The SMILES string of the molecule is CC1CCCC(C)N1C(=O)Cn1c(=O)n(C)c2ccccc21. The number of carbonyl (C=O) groups is 1. The highest BCUT2D eigenvalue weighted by Crippen LogP contribution is 2.23. The van der Waals surface area contributed by atoms with Crippen molar-refractivity contribution in [1.29, 1.82) is 0 Å². The largest absolute Gasteiger partial charge is 0.336 e. The van der Waals surface area contributed by atoms with Crippen molar-refractivity contribution < 1.29 is 4.79 Å². The summed E-state index contributed by atoms with van der Waals surface area (Å²) in [6, 6.07) is 8.11. The molecule has 1 saturated heterocycles. The van der Waals surface area contributed by atoms with Crippen molar-refractivity contribution in [3.8, 4) is 0 Å². The monoisotopic (exact) mass is 301 g/mol. The summed E-state index contributed by atoms with van der Waals surface area (Å²) >= 11 is 0. The topological polar surface area (TPSA) is 47.2 Å². The molecular formula is C17H23N3O2. The average Bonchev–Trinajstić information content (AvgIpc) is 2.73. The van der Waals surface area contributed by atoms with E-state index in [-0.39, 0.29) is 30.2 Å². The van der Waals surface area contributed by atoms with Gasteiger partial charge in [-0.15, -0.1) is 0 Å². The molecule has 0 N–H and O–H groups in total. The van der Waals surface area contributed by atoms with Crippen LogP contribution in [0.5, 0.6) is 0 Å². The first kappa shape index (κ1) is 14.9. The van der Waals surface area contributed by atoms with E-state index < -0.39 is 0 Å². The summed E-state index contributed by atoms with van der Waals surface area (Å²) in [6.45, 7) is 4.31. The number of para-hydroxylation sites is 2. The number of imidazole rings is 1. The number of hydrogen-bond acceptors (Lipinski definition) is 2. The molecule has 0 aliphatic carbocycles. The number of carbonyl (C=O) groups excluding carboxylic acids is 1. The van der Waals surface area contributed by atoms with Gasteiger partial charge in [0.05, 0.1) is 11.0 Å². The van der Waals surface area contributed by atoms with Gasteiger partial charge in [-0.3, -0.25) is 13.9 Å². The molecule has 5 nitrogen and oxygen atoms in total. The van der Waals surface area contributed by atoms with E-state index in [0.29, 0.717) is 0 Å². The van der Waals surface area contributed by atoms with Crippen LogP contribution in [0.25, 0.3) is 11.0 Å². The molecule has 2 heterocycles. The quantitative estimate of drug-likeness (QED) is 0.853. The van der Waals surface area contributed by atoms with Crippen molar-refractivity contribution in [3.63, 3.8) is 0 Å². The summed E-state index contributed by atoms with van der Waals surface area (Å²) in [5, 5.41) is 0. The molecule has 0 radical (unpaired) electrons. The predicted molar refractivity (Wildman–Crippen MR) is 86.8 cm³/mol. The Kier molecular flexibility index (Phi) is 3.81. The number of amides is 1. The van der Waals surface area contributed by atoms with Gasteiger partial charge in [-0.2, -0.15) is 0 Å². The highest BCUT2D eigenvalue weighted by Gasteiger charge is 2.29. The molecular weight excluding hydrogens is 278 g/mol. The fourth-order valence-electron chi connectivity index (χ4n) is 3.65. The minimum atomic E-state index is -0.133. The molecule has 2 atom stereocenters. The van der Waals surface area contributed by atoms with E-state index in [0.717, 1.165) is 23.9 Å².